The van der Waals surface area contributed by atoms with Crippen LogP contribution in [0.4, 0.5) is 0 Å². The molecule has 0 aliphatic rings. The van der Waals surface area contributed by atoms with Crippen molar-refractivity contribution < 1.29 is 0 Å². The van der Waals surface area contributed by atoms with Crippen LogP contribution in [0.15, 0.2) is 47.2 Å². The third-order valence-electron chi connectivity index (χ3n) is 3.22. The number of benzene rings is 1. The highest BCUT2D eigenvalue weighted by molar-refractivity contribution is 7.20. The number of thiophene rings is 1. The second-order valence-electron chi connectivity index (χ2n) is 5.11. The molecule has 3 rings (SSSR count). The topological polar surface area (TPSA) is 39.9 Å². The highest BCUT2D eigenvalue weighted by atomic mass is 32.1. The van der Waals surface area contributed by atoms with E-state index in [1.165, 1.54) is 4.88 Å². The Balaban J connectivity index is 1.64. The monoisotopic (exact) mass is 325 g/mol. The lowest BCUT2D eigenvalue weighted by Gasteiger charge is -2.15. The molecule has 0 fully saturated rings. The number of hydrogen-bond donors (Lipinski definition) is 0. The van der Waals surface area contributed by atoms with Crippen LogP contribution in [0.5, 0.6) is 0 Å². The molecule has 3 aromatic rings. The molecular weight excluding hydrogens is 310 g/mol. The molecule has 0 spiro atoms. The smallest absolute Gasteiger partial charge is 0.133 e. The molecule has 0 N–H and O–H groups in total. The number of rotatable bonds is 5. The molecule has 0 bridgehead atoms. The molecule has 0 aliphatic heterocycles. The number of hydrogen-bond acceptors (Lipinski definition) is 5. The van der Waals surface area contributed by atoms with Gasteiger partial charge < -0.3 is 0 Å². The minimum atomic E-state index is 0.708. The van der Waals surface area contributed by atoms with Crippen molar-refractivity contribution in [1.29, 1.82) is 5.26 Å². The number of aromatic nitrogens is 1. The molecule has 0 saturated heterocycles. The van der Waals surface area contributed by atoms with Crippen molar-refractivity contribution in [1.82, 2.24) is 9.88 Å². The summed E-state index contributed by atoms with van der Waals surface area (Å²) in [7, 11) is 2.07. The van der Waals surface area contributed by atoms with E-state index in [-0.39, 0.29) is 0 Å². The highest BCUT2D eigenvalue weighted by Crippen LogP contribution is 2.28. The standard InChI is InChI=1S/C17H15N3S2/c1-20(10-14-5-2-4-13(8-14)9-18)11-15-12-22-17(19-15)16-6-3-7-21-16/h2-8,12H,10-11H2,1H3. The van der Waals surface area contributed by atoms with E-state index in [0.717, 1.165) is 29.4 Å². The van der Waals surface area contributed by atoms with Crippen LogP contribution in [0.2, 0.25) is 0 Å². The number of nitrogens with zero attached hydrogens (tertiary/aromatic N) is 3. The van der Waals surface area contributed by atoms with Gasteiger partial charge in [-0.3, -0.25) is 4.90 Å². The molecule has 2 aromatic heterocycles. The molecule has 0 unspecified atom stereocenters. The van der Waals surface area contributed by atoms with Gasteiger partial charge in [-0.25, -0.2) is 4.98 Å². The SMILES string of the molecule is CN(Cc1cccc(C#N)c1)Cc1csc(-c2cccs2)n1. The van der Waals surface area contributed by atoms with Crippen LogP contribution in [-0.4, -0.2) is 16.9 Å². The average Bonchev–Trinajstić information content (AvgIpc) is 3.18. The van der Waals surface area contributed by atoms with Crippen molar-refractivity contribution in [3.8, 4) is 16.0 Å². The number of nitriles is 1. The molecule has 3 nitrogen and oxygen atoms in total. The van der Waals surface area contributed by atoms with Crippen LogP contribution in [0.25, 0.3) is 9.88 Å². The van der Waals surface area contributed by atoms with Crippen LogP contribution >= 0.6 is 22.7 Å². The second kappa shape index (κ2) is 6.84. The van der Waals surface area contributed by atoms with E-state index in [1.54, 1.807) is 22.7 Å². The first-order valence-electron chi connectivity index (χ1n) is 6.90. The summed E-state index contributed by atoms with van der Waals surface area (Å²) in [4.78, 5) is 8.14. The summed E-state index contributed by atoms with van der Waals surface area (Å²) in [5.74, 6) is 0. The molecule has 22 heavy (non-hydrogen) atoms. The second-order valence-corrected chi connectivity index (χ2v) is 6.91. The van der Waals surface area contributed by atoms with Gasteiger partial charge in [0.15, 0.2) is 0 Å². The van der Waals surface area contributed by atoms with Crippen LogP contribution in [-0.2, 0) is 13.1 Å². The van der Waals surface area contributed by atoms with Crippen LogP contribution < -0.4 is 0 Å². The third kappa shape index (κ3) is 3.60. The van der Waals surface area contributed by atoms with Gasteiger partial charge in [0.1, 0.15) is 5.01 Å². The zero-order valence-corrected chi connectivity index (χ0v) is 13.8. The Morgan fingerprint density at radius 2 is 2.09 bits per heavy atom. The first kappa shape index (κ1) is 14.9. The van der Waals surface area contributed by atoms with Gasteiger partial charge in [0.2, 0.25) is 0 Å². The van der Waals surface area contributed by atoms with Gasteiger partial charge in [-0.05, 0) is 36.2 Å². The van der Waals surface area contributed by atoms with Crippen molar-refractivity contribution in [2.24, 2.45) is 0 Å². The maximum absolute atomic E-state index is 8.95. The lowest BCUT2D eigenvalue weighted by Crippen LogP contribution is -2.17. The van der Waals surface area contributed by atoms with E-state index >= 15 is 0 Å². The van der Waals surface area contributed by atoms with E-state index < -0.39 is 0 Å². The van der Waals surface area contributed by atoms with Gasteiger partial charge >= 0.3 is 0 Å². The van der Waals surface area contributed by atoms with Gasteiger partial charge in [-0.15, -0.1) is 22.7 Å². The predicted octanol–water partition coefficient (Wildman–Crippen LogP) is 4.38. The largest absolute Gasteiger partial charge is 0.296 e. The molecule has 5 heteroatoms. The van der Waals surface area contributed by atoms with Gasteiger partial charge in [0.25, 0.3) is 0 Å². The summed E-state index contributed by atoms with van der Waals surface area (Å²) in [6.07, 6.45) is 0. The van der Waals surface area contributed by atoms with Crippen molar-refractivity contribution in [2.75, 3.05) is 7.05 Å². The third-order valence-corrected chi connectivity index (χ3v) is 5.15. The zero-order chi connectivity index (χ0) is 15.4. The van der Waals surface area contributed by atoms with Crippen LogP contribution in [0.1, 0.15) is 16.8 Å². The lowest BCUT2D eigenvalue weighted by molar-refractivity contribution is 0.316. The Labute approximate surface area is 138 Å². The minimum absolute atomic E-state index is 0.708. The van der Waals surface area contributed by atoms with Crippen molar-refractivity contribution in [3.63, 3.8) is 0 Å². The average molecular weight is 325 g/mol. The first-order chi connectivity index (χ1) is 10.7. The molecule has 0 radical (unpaired) electrons. The Morgan fingerprint density at radius 1 is 1.18 bits per heavy atom. The van der Waals surface area contributed by atoms with Crippen molar-refractivity contribution >= 4 is 22.7 Å². The normalized spacial score (nSPS) is 10.8. The first-order valence-corrected chi connectivity index (χ1v) is 8.66. The predicted molar refractivity (Wildman–Crippen MR) is 91.8 cm³/mol. The van der Waals surface area contributed by atoms with Crippen molar-refractivity contribution in [2.45, 2.75) is 13.1 Å². The molecule has 110 valence electrons. The van der Waals surface area contributed by atoms with E-state index in [2.05, 4.69) is 47.0 Å². The summed E-state index contributed by atoms with van der Waals surface area (Å²) >= 11 is 3.41. The van der Waals surface area contributed by atoms with E-state index in [9.17, 15) is 0 Å². The zero-order valence-electron chi connectivity index (χ0n) is 12.2. The highest BCUT2D eigenvalue weighted by Gasteiger charge is 2.08. The molecular formula is C17H15N3S2. The fourth-order valence-corrected chi connectivity index (χ4v) is 3.90. The summed E-state index contributed by atoms with van der Waals surface area (Å²) in [5.41, 5.74) is 2.95. The fraction of sp³-hybridized carbons (Fsp3) is 0.176. The quantitative estimate of drug-likeness (QED) is 0.699. The lowest BCUT2D eigenvalue weighted by atomic mass is 10.1. The van der Waals surface area contributed by atoms with Gasteiger partial charge in [-0.2, -0.15) is 5.26 Å². The van der Waals surface area contributed by atoms with Gasteiger partial charge in [0, 0.05) is 18.5 Å². The summed E-state index contributed by atoms with van der Waals surface area (Å²) < 4.78 is 0. The van der Waals surface area contributed by atoms with Gasteiger partial charge in [-0.1, -0.05) is 18.2 Å². The molecule has 0 amide bonds. The Hall–Kier alpha value is -2.00. The van der Waals surface area contributed by atoms with Crippen molar-refractivity contribution in [3.05, 3.63) is 64.0 Å². The van der Waals surface area contributed by atoms with Gasteiger partial charge in [0.05, 0.1) is 22.2 Å². The Kier molecular flexibility index (Phi) is 4.64. The van der Waals surface area contributed by atoms with Crippen LogP contribution in [0, 0.1) is 11.3 Å². The minimum Gasteiger partial charge on any atom is -0.296 e. The molecule has 1 aromatic carbocycles. The summed E-state index contributed by atoms with van der Waals surface area (Å²) in [6, 6.07) is 14.1. The van der Waals surface area contributed by atoms with E-state index in [1.807, 2.05) is 18.2 Å². The van der Waals surface area contributed by atoms with E-state index in [0.29, 0.717) is 5.56 Å². The number of thiazole rings is 1. The maximum Gasteiger partial charge on any atom is 0.133 e. The molecule has 0 saturated carbocycles. The molecule has 2 heterocycles. The summed E-state index contributed by atoms with van der Waals surface area (Å²) in [6.45, 7) is 1.61. The molecule has 0 atom stereocenters. The van der Waals surface area contributed by atoms with E-state index in [4.69, 9.17) is 10.2 Å². The molecule has 0 aliphatic carbocycles. The Bertz CT molecular complexity index is 784. The maximum atomic E-state index is 8.95. The fourth-order valence-electron chi connectivity index (χ4n) is 2.28. The Morgan fingerprint density at radius 3 is 2.86 bits per heavy atom. The summed E-state index contributed by atoms with van der Waals surface area (Å²) in [5, 5.41) is 14.2. The van der Waals surface area contributed by atoms with Crippen LogP contribution in [0.3, 0.4) is 0 Å².